The van der Waals surface area contributed by atoms with Crippen LogP contribution < -0.4 is 25.0 Å². The van der Waals surface area contributed by atoms with Crippen LogP contribution in [0.5, 0.6) is 5.75 Å². The van der Waals surface area contributed by atoms with E-state index in [1.54, 1.807) is 30.3 Å². The average Bonchev–Trinajstić information content (AvgIpc) is 2.82. The molecule has 0 unspecified atom stereocenters. The van der Waals surface area contributed by atoms with Crippen LogP contribution in [0.1, 0.15) is 0 Å². The summed E-state index contributed by atoms with van der Waals surface area (Å²) in [6, 6.07) is 11.7. The first kappa shape index (κ1) is 25.4. The molecule has 0 radical (unpaired) electrons. The molecule has 36 heavy (non-hydrogen) atoms. The number of nitrogens with one attached hydrogen (secondary N) is 3. The highest BCUT2D eigenvalue weighted by molar-refractivity contribution is 7.92. The van der Waals surface area contributed by atoms with E-state index in [2.05, 4.69) is 25.3 Å². The summed E-state index contributed by atoms with van der Waals surface area (Å²) in [7, 11) is -5.06. The second kappa shape index (κ2) is 10.1. The van der Waals surface area contributed by atoms with Crippen molar-refractivity contribution in [3.8, 4) is 5.75 Å². The zero-order valence-corrected chi connectivity index (χ0v) is 21.2. The molecule has 2 heterocycles. The fourth-order valence-corrected chi connectivity index (χ4v) is 5.37. The molecule has 0 spiro atoms. The Balaban J connectivity index is 1.55. The number of ether oxygens (including phenoxy) is 1. The molecular weight excluding hydrogens is 511 g/mol. The summed E-state index contributed by atoms with van der Waals surface area (Å²) in [5.41, 5.74) is 1.86. The van der Waals surface area contributed by atoms with E-state index in [4.69, 9.17) is 4.74 Å². The normalized spacial score (nSPS) is 15.2. The highest BCUT2D eigenvalue weighted by Gasteiger charge is 2.22. The van der Waals surface area contributed by atoms with Gasteiger partial charge >= 0.3 is 0 Å². The third-order valence-corrected chi connectivity index (χ3v) is 7.56. The fraction of sp³-hybridized carbons (Fsp3) is 0.273. The van der Waals surface area contributed by atoms with Crippen LogP contribution in [0.3, 0.4) is 0 Å². The van der Waals surface area contributed by atoms with Gasteiger partial charge in [0.05, 0.1) is 48.1 Å². The minimum absolute atomic E-state index is 0.0718. The third-order valence-electron chi connectivity index (χ3n) is 5.36. The van der Waals surface area contributed by atoms with Crippen LogP contribution >= 0.6 is 0 Å². The lowest BCUT2D eigenvalue weighted by molar-refractivity contribution is 0.416. The van der Waals surface area contributed by atoms with Crippen LogP contribution in [0.4, 0.5) is 38.9 Å². The van der Waals surface area contributed by atoms with Crippen molar-refractivity contribution in [2.45, 2.75) is 0 Å². The van der Waals surface area contributed by atoms with Gasteiger partial charge in [-0.25, -0.2) is 26.2 Å². The summed E-state index contributed by atoms with van der Waals surface area (Å²) in [4.78, 5) is 10.1. The number of anilines is 6. The number of sulfone groups is 1. The number of methoxy groups -OCH3 is 1. The number of rotatable bonds is 8. The van der Waals surface area contributed by atoms with E-state index in [1.165, 1.54) is 13.2 Å². The quantitative estimate of drug-likeness (QED) is 0.393. The van der Waals surface area contributed by atoms with Crippen LogP contribution in [0.25, 0.3) is 0 Å². The van der Waals surface area contributed by atoms with Crippen molar-refractivity contribution in [3.63, 3.8) is 0 Å². The van der Waals surface area contributed by atoms with Crippen molar-refractivity contribution < 1.29 is 26.0 Å². The van der Waals surface area contributed by atoms with Crippen molar-refractivity contribution in [3.05, 3.63) is 54.5 Å². The SMILES string of the molecule is COc1cc(N2CCS(=O)(=O)CC2)ccc1Nc1ncc(F)c(Nc2ccccc2NS(C)(=O)=O)n1. The second-order valence-corrected chi connectivity index (χ2v) is 12.1. The Labute approximate surface area is 208 Å². The summed E-state index contributed by atoms with van der Waals surface area (Å²) in [5.74, 6) is -0.180. The summed E-state index contributed by atoms with van der Waals surface area (Å²) >= 11 is 0. The number of sulfonamides is 1. The molecule has 0 saturated carbocycles. The van der Waals surface area contributed by atoms with E-state index in [0.29, 0.717) is 30.2 Å². The monoisotopic (exact) mass is 536 g/mol. The van der Waals surface area contributed by atoms with E-state index >= 15 is 0 Å². The first-order valence-electron chi connectivity index (χ1n) is 10.8. The van der Waals surface area contributed by atoms with Crippen molar-refractivity contribution in [1.82, 2.24) is 9.97 Å². The van der Waals surface area contributed by atoms with E-state index in [0.717, 1.165) is 18.1 Å². The molecule has 3 N–H and O–H groups in total. The second-order valence-electron chi connectivity index (χ2n) is 8.08. The highest BCUT2D eigenvalue weighted by Crippen LogP contribution is 2.33. The molecule has 1 aliphatic rings. The van der Waals surface area contributed by atoms with Crippen LogP contribution in [-0.2, 0) is 19.9 Å². The van der Waals surface area contributed by atoms with Crippen molar-refractivity contribution in [1.29, 1.82) is 0 Å². The lowest BCUT2D eigenvalue weighted by Crippen LogP contribution is -2.40. The van der Waals surface area contributed by atoms with Gasteiger partial charge in [-0.3, -0.25) is 4.72 Å². The molecular formula is C22H25FN6O5S2. The van der Waals surface area contributed by atoms with E-state index in [9.17, 15) is 21.2 Å². The Hall–Kier alpha value is -3.65. The maximum Gasteiger partial charge on any atom is 0.229 e. The standard InChI is InChI=1S/C22H25FN6O5S2/c1-34-20-13-15(29-9-11-36(32,33)12-10-29)7-8-19(20)26-22-24-14-16(23)21(27-22)25-17-5-3-4-6-18(17)28-35(2,30)31/h3-8,13-14,28H,9-12H2,1-2H3,(H2,24,25,26,27). The minimum Gasteiger partial charge on any atom is -0.494 e. The number of nitrogens with zero attached hydrogens (tertiary/aromatic N) is 3. The predicted molar refractivity (Wildman–Crippen MR) is 137 cm³/mol. The Bertz CT molecular complexity index is 1470. The van der Waals surface area contributed by atoms with Gasteiger partial charge in [-0.2, -0.15) is 4.98 Å². The maximum absolute atomic E-state index is 14.5. The van der Waals surface area contributed by atoms with Crippen molar-refractivity contribution in [2.24, 2.45) is 0 Å². The van der Waals surface area contributed by atoms with Crippen LogP contribution in [0, 0.1) is 5.82 Å². The molecule has 1 aliphatic heterocycles. The topological polar surface area (TPSA) is 143 Å². The lowest BCUT2D eigenvalue weighted by atomic mass is 10.2. The van der Waals surface area contributed by atoms with Gasteiger partial charge in [0.1, 0.15) is 5.75 Å². The summed E-state index contributed by atoms with van der Waals surface area (Å²) in [6.45, 7) is 0.786. The molecule has 14 heteroatoms. The number of benzene rings is 2. The molecule has 1 saturated heterocycles. The van der Waals surface area contributed by atoms with E-state index < -0.39 is 25.7 Å². The number of halogens is 1. The maximum atomic E-state index is 14.5. The number of para-hydroxylation sites is 2. The Morgan fingerprint density at radius 1 is 1.03 bits per heavy atom. The van der Waals surface area contributed by atoms with E-state index in [1.807, 2.05) is 11.0 Å². The first-order valence-corrected chi connectivity index (χ1v) is 14.5. The fourth-order valence-electron chi connectivity index (χ4n) is 3.59. The minimum atomic E-state index is -3.55. The molecule has 2 aromatic carbocycles. The van der Waals surface area contributed by atoms with Gasteiger partial charge in [0.15, 0.2) is 21.5 Å². The molecule has 0 atom stereocenters. The zero-order chi connectivity index (χ0) is 25.9. The van der Waals surface area contributed by atoms with Crippen LogP contribution in [0.2, 0.25) is 0 Å². The molecule has 3 aromatic rings. The lowest BCUT2D eigenvalue weighted by Gasteiger charge is -2.29. The average molecular weight is 537 g/mol. The molecule has 1 fully saturated rings. The largest absolute Gasteiger partial charge is 0.494 e. The summed E-state index contributed by atoms with van der Waals surface area (Å²) in [5, 5.41) is 5.79. The molecule has 11 nitrogen and oxygen atoms in total. The van der Waals surface area contributed by atoms with Gasteiger partial charge < -0.3 is 20.3 Å². The molecule has 0 bridgehead atoms. The zero-order valence-electron chi connectivity index (χ0n) is 19.5. The van der Waals surface area contributed by atoms with Crippen LogP contribution in [-0.4, -0.2) is 64.8 Å². The Kier molecular flexibility index (Phi) is 7.17. The Morgan fingerprint density at radius 3 is 2.39 bits per heavy atom. The third kappa shape index (κ3) is 6.31. The first-order chi connectivity index (χ1) is 17.0. The van der Waals surface area contributed by atoms with Crippen molar-refractivity contribution >= 4 is 54.4 Å². The summed E-state index contributed by atoms with van der Waals surface area (Å²) in [6.07, 6.45) is 2.00. The van der Waals surface area contributed by atoms with Gasteiger partial charge in [0, 0.05) is 24.8 Å². The van der Waals surface area contributed by atoms with Gasteiger partial charge in [0.2, 0.25) is 16.0 Å². The number of hydrogen-bond donors (Lipinski definition) is 3. The van der Waals surface area contributed by atoms with Crippen molar-refractivity contribution in [2.75, 3.05) is 58.2 Å². The molecule has 0 aliphatic carbocycles. The molecule has 192 valence electrons. The molecule has 4 rings (SSSR count). The number of hydrogen-bond acceptors (Lipinski definition) is 10. The molecule has 1 aromatic heterocycles. The number of aromatic nitrogens is 2. The highest BCUT2D eigenvalue weighted by atomic mass is 32.2. The van der Waals surface area contributed by atoms with Gasteiger partial charge in [0.25, 0.3) is 0 Å². The van der Waals surface area contributed by atoms with Gasteiger partial charge in [-0.1, -0.05) is 12.1 Å². The molecule has 0 amide bonds. The van der Waals surface area contributed by atoms with E-state index in [-0.39, 0.29) is 29.0 Å². The smallest absolute Gasteiger partial charge is 0.229 e. The Morgan fingerprint density at radius 2 is 1.72 bits per heavy atom. The van der Waals surface area contributed by atoms with Gasteiger partial charge in [-0.15, -0.1) is 0 Å². The predicted octanol–water partition coefficient (Wildman–Crippen LogP) is 2.72. The van der Waals surface area contributed by atoms with Crippen LogP contribution in [0.15, 0.2) is 48.7 Å². The summed E-state index contributed by atoms with van der Waals surface area (Å²) < 4.78 is 69.1. The van der Waals surface area contributed by atoms with Gasteiger partial charge in [-0.05, 0) is 24.3 Å².